The minimum atomic E-state index is -0.478. The van der Waals surface area contributed by atoms with Gasteiger partial charge in [0.1, 0.15) is 4.88 Å². The molecule has 156 valence electrons. The van der Waals surface area contributed by atoms with Crippen molar-refractivity contribution in [3.63, 3.8) is 0 Å². The topological polar surface area (TPSA) is 86.1 Å². The largest absolute Gasteiger partial charge is 0.465 e. The molecule has 0 bridgehead atoms. The van der Waals surface area contributed by atoms with Crippen LogP contribution in [0.15, 0.2) is 77.3 Å². The van der Waals surface area contributed by atoms with Crippen molar-refractivity contribution in [1.82, 2.24) is 14.8 Å². The predicted octanol–water partition coefficient (Wildman–Crippen LogP) is 4.51. The summed E-state index contributed by atoms with van der Waals surface area (Å²) in [6.45, 7) is 0. The Morgan fingerprint density at radius 3 is 2.45 bits per heavy atom. The van der Waals surface area contributed by atoms with Crippen molar-refractivity contribution < 1.29 is 14.3 Å². The molecule has 4 rings (SSSR count). The van der Waals surface area contributed by atoms with E-state index in [1.54, 1.807) is 11.4 Å². The lowest BCUT2D eigenvalue weighted by Gasteiger charge is -2.10. The fourth-order valence-electron chi connectivity index (χ4n) is 2.92. The lowest BCUT2D eigenvalue weighted by Crippen LogP contribution is -2.16. The van der Waals surface area contributed by atoms with Crippen LogP contribution in [0.4, 0.5) is 5.69 Å². The number of hydrogen-bond donors (Lipinski definition) is 1. The van der Waals surface area contributed by atoms with E-state index in [9.17, 15) is 9.59 Å². The SMILES string of the molecule is COC(=O)c1sccc1NC(=O)CSc1nnc(-c2ccccc2)n1-c1ccccc1. The Morgan fingerprint density at radius 1 is 1.03 bits per heavy atom. The van der Waals surface area contributed by atoms with E-state index in [1.165, 1.54) is 30.2 Å². The molecule has 9 heteroatoms. The smallest absolute Gasteiger partial charge is 0.350 e. The molecule has 1 amide bonds. The highest BCUT2D eigenvalue weighted by Crippen LogP contribution is 2.28. The number of nitrogens with zero attached hydrogens (tertiary/aromatic N) is 3. The fraction of sp³-hybridized carbons (Fsp3) is 0.0909. The van der Waals surface area contributed by atoms with Crippen LogP contribution in [0.5, 0.6) is 0 Å². The van der Waals surface area contributed by atoms with Gasteiger partial charge in [0.05, 0.1) is 18.6 Å². The molecular formula is C22H18N4O3S2. The molecule has 0 spiro atoms. The number of ether oxygens (including phenoxy) is 1. The van der Waals surface area contributed by atoms with Gasteiger partial charge in [-0.1, -0.05) is 60.3 Å². The Morgan fingerprint density at radius 2 is 1.74 bits per heavy atom. The van der Waals surface area contributed by atoms with Gasteiger partial charge < -0.3 is 10.1 Å². The van der Waals surface area contributed by atoms with Gasteiger partial charge in [0, 0.05) is 11.3 Å². The summed E-state index contributed by atoms with van der Waals surface area (Å²) < 4.78 is 6.68. The summed E-state index contributed by atoms with van der Waals surface area (Å²) in [5, 5.41) is 13.8. The zero-order valence-corrected chi connectivity index (χ0v) is 18.2. The second kappa shape index (κ2) is 9.59. The number of rotatable bonds is 7. The van der Waals surface area contributed by atoms with Crippen LogP contribution >= 0.6 is 23.1 Å². The summed E-state index contributed by atoms with van der Waals surface area (Å²) in [6.07, 6.45) is 0. The molecule has 7 nitrogen and oxygen atoms in total. The van der Waals surface area contributed by atoms with Crippen LogP contribution in [0.2, 0.25) is 0 Å². The second-order valence-electron chi connectivity index (χ2n) is 6.33. The summed E-state index contributed by atoms with van der Waals surface area (Å²) >= 11 is 2.49. The maximum Gasteiger partial charge on any atom is 0.350 e. The molecule has 0 unspecified atom stereocenters. The van der Waals surface area contributed by atoms with E-state index in [1.807, 2.05) is 65.2 Å². The van der Waals surface area contributed by atoms with Crippen LogP contribution < -0.4 is 5.32 Å². The molecule has 0 saturated carbocycles. The molecule has 2 aromatic carbocycles. The summed E-state index contributed by atoms with van der Waals surface area (Å²) in [5.74, 6) is 0.0724. The van der Waals surface area contributed by atoms with E-state index in [2.05, 4.69) is 15.5 Å². The fourth-order valence-corrected chi connectivity index (χ4v) is 4.44. The third-order valence-electron chi connectivity index (χ3n) is 4.32. The van der Waals surface area contributed by atoms with Crippen LogP contribution in [0.25, 0.3) is 17.1 Å². The molecule has 0 saturated heterocycles. The van der Waals surface area contributed by atoms with Gasteiger partial charge in [-0.15, -0.1) is 21.5 Å². The maximum atomic E-state index is 12.5. The van der Waals surface area contributed by atoms with E-state index in [0.717, 1.165) is 11.3 Å². The number of thiophene rings is 1. The van der Waals surface area contributed by atoms with E-state index in [0.29, 0.717) is 21.5 Å². The first-order chi connectivity index (χ1) is 15.2. The van der Waals surface area contributed by atoms with E-state index >= 15 is 0 Å². The molecule has 2 aromatic heterocycles. The molecule has 4 aromatic rings. The van der Waals surface area contributed by atoms with Crippen LogP contribution in [-0.4, -0.2) is 39.5 Å². The Labute approximate surface area is 187 Å². The molecule has 0 fully saturated rings. The Kier molecular flexibility index (Phi) is 6.44. The third-order valence-corrected chi connectivity index (χ3v) is 6.15. The lowest BCUT2D eigenvalue weighted by molar-refractivity contribution is -0.113. The highest BCUT2D eigenvalue weighted by molar-refractivity contribution is 7.99. The van der Waals surface area contributed by atoms with Crippen molar-refractivity contribution in [3.05, 3.63) is 77.0 Å². The van der Waals surface area contributed by atoms with Crippen molar-refractivity contribution in [2.75, 3.05) is 18.2 Å². The molecule has 31 heavy (non-hydrogen) atoms. The minimum absolute atomic E-state index is 0.107. The van der Waals surface area contributed by atoms with Crippen LogP contribution in [0.1, 0.15) is 9.67 Å². The van der Waals surface area contributed by atoms with Gasteiger partial charge in [-0.05, 0) is 23.6 Å². The van der Waals surface area contributed by atoms with Crippen molar-refractivity contribution in [3.8, 4) is 17.1 Å². The number of para-hydroxylation sites is 1. The monoisotopic (exact) mass is 450 g/mol. The number of anilines is 1. The number of esters is 1. The average Bonchev–Trinajstić information content (AvgIpc) is 3.45. The van der Waals surface area contributed by atoms with E-state index in [4.69, 9.17) is 4.74 Å². The number of carbonyl (C=O) groups excluding carboxylic acids is 2. The molecule has 2 heterocycles. The number of nitrogens with one attached hydrogen (secondary N) is 1. The van der Waals surface area contributed by atoms with Gasteiger partial charge >= 0.3 is 5.97 Å². The molecule has 0 aliphatic carbocycles. The summed E-state index contributed by atoms with van der Waals surface area (Å²) in [5.41, 5.74) is 2.27. The number of amides is 1. The van der Waals surface area contributed by atoms with E-state index < -0.39 is 5.97 Å². The van der Waals surface area contributed by atoms with Crippen LogP contribution in [-0.2, 0) is 9.53 Å². The van der Waals surface area contributed by atoms with Crippen molar-refractivity contribution in [1.29, 1.82) is 0 Å². The number of methoxy groups -OCH3 is 1. The van der Waals surface area contributed by atoms with Crippen LogP contribution in [0, 0.1) is 0 Å². The van der Waals surface area contributed by atoms with Gasteiger partial charge in [-0.25, -0.2) is 4.79 Å². The lowest BCUT2D eigenvalue weighted by atomic mass is 10.2. The zero-order chi connectivity index (χ0) is 21.6. The standard InChI is InChI=1S/C22H18N4O3S2/c1-29-21(28)19-17(12-13-30-19)23-18(27)14-31-22-25-24-20(15-8-4-2-5-9-15)26(22)16-10-6-3-7-11-16/h2-13H,14H2,1H3,(H,23,27). The Bertz CT molecular complexity index is 1190. The van der Waals surface area contributed by atoms with Gasteiger partial charge in [0.15, 0.2) is 11.0 Å². The quantitative estimate of drug-likeness (QED) is 0.329. The summed E-state index contributed by atoms with van der Waals surface area (Å²) in [4.78, 5) is 24.7. The second-order valence-corrected chi connectivity index (χ2v) is 8.19. The first kappa shape index (κ1) is 20.8. The van der Waals surface area contributed by atoms with E-state index in [-0.39, 0.29) is 11.7 Å². The summed E-state index contributed by atoms with van der Waals surface area (Å²) in [7, 11) is 1.31. The van der Waals surface area contributed by atoms with Crippen LogP contribution in [0.3, 0.4) is 0 Å². The number of aromatic nitrogens is 3. The van der Waals surface area contributed by atoms with Gasteiger partial charge in [0.25, 0.3) is 0 Å². The summed E-state index contributed by atoms with van der Waals surface area (Å²) in [6, 6.07) is 21.2. The highest BCUT2D eigenvalue weighted by atomic mass is 32.2. The third kappa shape index (κ3) is 4.68. The van der Waals surface area contributed by atoms with Crippen molar-refractivity contribution >= 4 is 40.7 Å². The first-order valence-corrected chi connectivity index (χ1v) is 11.2. The highest BCUT2D eigenvalue weighted by Gasteiger charge is 2.19. The number of carbonyl (C=O) groups is 2. The maximum absolute atomic E-state index is 12.5. The molecule has 0 aliphatic heterocycles. The molecular weight excluding hydrogens is 432 g/mol. The molecule has 1 N–H and O–H groups in total. The zero-order valence-electron chi connectivity index (χ0n) is 16.5. The predicted molar refractivity (Wildman–Crippen MR) is 122 cm³/mol. The van der Waals surface area contributed by atoms with Crippen molar-refractivity contribution in [2.24, 2.45) is 0 Å². The Hall–Kier alpha value is -3.43. The number of hydrogen-bond acceptors (Lipinski definition) is 7. The number of benzene rings is 2. The average molecular weight is 451 g/mol. The van der Waals surface area contributed by atoms with Gasteiger partial charge in [0.2, 0.25) is 5.91 Å². The normalized spacial score (nSPS) is 10.6. The molecule has 0 radical (unpaired) electrons. The van der Waals surface area contributed by atoms with Crippen molar-refractivity contribution in [2.45, 2.75) is 5.16 Å². The number of thioether (sulfide) groups is 1. The Balaban J connectivity index is 1.55. The van der Waals surface area contributed by atoms with Gasteiger partial charge in [-0.2, -0.15) is 0 Å². The minimum Gasteiger partial charge on any atom is -0.465 e. The molecule has 0 aliphatic rings. The molecule has 0 atom stereocenters. The van der Waals surface area contributed by atoms with Gasteiger partial charge in [-0.3, -0.25) is 9.36 Å². The first-order valence-electron chi connectivity index (χ1n) is 9.32.